The Hall–Kier alpha value is -2.77. The largest absolute Gasteiger partial charge is 0.351 e. The van der Waals surface area contributed by atoms with E-state index in [2.05, 4.69) is 15.3 Å². The predicted molar refractivity (Wildman–Crippen MR) is 122 cm³/mol. The lowest BCUT2D eigenvalue weighted by molar-refractivity contribution is -0.123. The fourth-order valence-electron chi connectivity index (χ4n) is 3.87. The molecule has 160 valence electrons. The molecule has 0 saturated heterocycles. The Morgan fingerprint density at radius 3 is 2.52 bits per heavy atom. The monoisotopic (exact) mass is 454 g/mol. The second-order valence-corrected chi connectivity index (χ2v) is 8.92. The number of aromatic nitrogens is 2. The molecule has 1 aromatic carbocycles. The third-order valence-electron chi connectivity index (χ3n) is 5.38. The number of carbonyl (C=O) groups is 2. The lowest BCUT2D eigenvalue weighted by atomic mass is 9.95. The van der Waals surface area contributed by atoms with Crippen LogP contribution in [0, 0.1) is 0 Å². The van der Waals surface area contributed by atoms with Gasteiger partial charge in [-0.15, -0.1) is 11.3 Å². The molecule has 6 nitrogen and oxygen atoms in total. The molecule has 0 spiro atoms. The first-order valence-corrected chi connectivity index (χ1v) is 11.6. The summed E-state index contributed by atoms with van der Waals surface area (Å²) in [6.45, 7) is 0. The van der Waals surface area contributed by atoms with Crippen molar-refractivity contribution in [3.63, 3.8) is 0 Å². The van der Waals surface area contributed by atoms with Gasteiger partial charge in [0.05, 0.1) is 6.20 Å². The van der Waals surface area contributed by atoms with Crippen molar-refractivity contribution >= 4 is 40.4 Å². The van der Waals surface area contributed by atoms with E-state index in [1.807, 2.05) is 17.5 Å². The van der Waals surface area contributed by atoms with Crippen LogP contribution in [0.4, 0.5) is 5.69 Å². The summed E-state index contributed by atoms with van der Waals surface area (Å²) in [5.41, 5.74) is 0.738. The molecule has 1 aliphatic carbocycles. The van der Waals surface area contributed by atoms with Crippen molar-refractivity contribution in [3.8, 4) is 0 Å². The Labute approximate surface area is 190 Å². The normalized spacial score (nSPS) is 15.3. The first-order valence-electron chi connectivity index (χ1n) is 10.3. The standard InChI is InChI=1S/C23H23ClN4O2S/c24-16-8-10-18(11-9-16)28(23(30)19-15-25-12-13-26-19)21(20-7-4-14-31-20)22(29)27-17-5-2-1-3-6-17/h4,7-15,17,21H,1-3,5-6H2,(H,27,29). The summed E-state index contributed by atoms with van der Waals surface area (Å²) in [6, 6.07) is 9.96. The summed E-state index contributed by atoms with van der Waals surface area (Å²) >= 11 is 7.52. The van der Waals surface area contributed by atoms with Gasteiger partial charge in [-0.1, -0.05) is 36.9 Å². The lowest BCUT2D eigenvalue weighted by Gasteiger charge is -2.32. The van der Waals surface area contributed by atoms with E-state index in [1.54, 1.807) is 24.3 Å². The molecular weight excluding hydrogens is 432 g/mol. The van der Waals surface area contributed by atoms with Crippen molar-refractivity contribution in [1.82, 2.24) is 15.3 Å². The molecular formula is C23H23ClN4O2S. The molecule has 31 heavy (non-hydrogen) atoms. The molecule has 1 fully saturated rings. The zero-order chi connectivity index (χ0) is 21.6. The van der Waals surface area contributed by atoms with Crippen molar-refractivity contribution in [1.29, 1.82) is 0 Å². The van der Waals surface area contributed by atoms with Gasteiger partial charge < -0.3 is 5.32 Å². The van der Waals surface area contributed by atoms with Gasteiger partial charge >= 0.3 is 0 Å². The van der Waals surface area contributed by atoms with Crippen molar-refractivity contribution < 1.29 is 9.59 Å². The summed E-state index contributed by atoms with van der Waals surface area (Å²) in [7, 11) is 0. The minimum atomic E-state index is -0.822. The van der Waals surface area contributed by atoms with Gasteiger partial charge in [0.15, 0.2) is 6.04 Å². The Bertz CT molecular complexity index is 1010. The van der Waals surface area contributed by atoms with E-state index < -0.39 is 11.9 Å². The molecule has 2 heterocycles. The number of anilines is 1. The summed E-state index contributed by atoms with van der Waals surface area (Å²) in [5, 5.41) is 5.64. The van der Waals surface area contributed by atoms with E-state index in [1.165, 1.54) is 41.2 Å². The highest BCUT2D eigenvalue weighted by molar-refractivity contribution is 7.10. The lowest BCUT2D eigenvalue weighted by Crippen LogP contribution is -2.47. The van der Waals surface area contributed by atoms with Crippen LogP contribution < -0.4 is 10.2 Å². The predicted octanol–water partition coefficient (Wildman–Crippen LogP) is 5.03. The third kappa shape index (κ3) is 5.11. The fourth-order valence-corrected chi connectivity index (χ4v) is 4.80. The summed E-state index contributed by atoms with van der Waals surface area (Å²) in [4.78, 5) is 37.6. The molecule has 1 atom stereocenters. The maximum Gasteiger partial charge on any atom is 0.279 e. The van der Waals surface area contributed by atoms with Gasteiger partial charge in [0.25, 0.3) is 5.91 Å². The van der Waals surface area contributed by atoms with Crippen LogP contribution >= 0.6 is 22.9 Å². The number of amides is 2. The van der Waals surface area contributed by atoms with Crippen LogP contribution in [0.3, 0.4) is 0 Å². The van der Waals surface area contributed by atoms with Crippen molar-refractivity contribution in [2.45, 2.75) is 44.2 Å². The van der Waals surface area contributed by atoms with Gasteiger partial charge in [0, 0.05) is 34.0 Å². The van der Waals surface area contributed by atoms with Crippen LogP contribution in [0.2, 0.25) is 5.02 Å². The van der Waals surface area contributed by atoms with Gasteiger partial charge in [0.2, 0.25) is 5.91 Å². The number of benzene rings is 1. The number of hydrogen-bond donors (Lipinski definition) is 1. The molecule has 1 unspecified atom stereocenters. The molecule has 8 heteroatoms. The van der Waals surface area contributed by atoms with Crippen LogP contribution in [0.5, 0.6) is 0 Å². The molecule has 1 aliphatic rings. The number of nitrogens with zero attached hydrogens (tertiary/aromatic N) is 3. The number of halogens is 1. The average Bonchev–Trinajstić information content (AvgIpc) is 3.33. The molecule has 2 amide bonds. The highest BCUT2D eigenvalue weighted by Crippen LogP contribution is 2.33. The highest BCUT2D eigenvalue weighted by Gasteiger charge is 2.35. The van der Waals surface area contributed by atoms with E-state index in [0.29, 0.717) is 10.7 Å². The van der Waals surface area contributed by atoms with Gasteiger partial charge in [-0.25, -0.2) is 4.98 Å². The topological polar surface area (TPSA) is 75.2 Å². The van der Waals surface area contributed by atoms with Crippen LogP contribution in [-0.2, 0) is 4.79 Å². The summed E-state index contributed by atoms with van der Waals surface area (Å²) in [5.74, 6) is -0.589. The van der Waals surface area contributed by atoms with Crippen molar-refractivity contribution in [2.75, 3.05) is 4.90 Å². The van der Waals surface area contributed by atoms with Crippen LogP contribution in [-0.4, -0.2) is 27.8 Å². The zero-order valence-corrected chi connectivity index (χ0v) is 18.5. The third-order valence-corrected chi connectivity index (χ3v) is 6.55. The number of nitrogens with one attached hydrogen (secondary N) is 1. The Kier molecular flexibility index (Phi) is 6.94. The quantitative estimate of drug-likeness (QED) is 0.566. The first-order chi connectivity index (χ1) is 15.1. The molecule has 3 aromatic rings. The summed E-state index contributed by atoms with van der Waals surface area (Å²) < 4.78 is 0. The Balaban J connectivity index is 1.74. The molecule has 0 radical (unpaired) electrons. The molecule has 1 N–H and O–H groups in total. The SMILES string of the molecule is O=C(NC1CCCCC1)C(c1cccs1)N(C(=O)c1cnccn1)c1ccc(Cl)cc1. The van der Waals surface area contributed by atoms with E-state index in [4.69, 9.17) is 11.6 Å². The summed E-state index contributed by atoms with van der Waals surface area (Å²) in [6.07, 6.45) is 9.72. The molecule has 0 bridgehead atoms. The van der Waals surface area contributed by atoms with Crippen molar-refractivity contribution in [3.05, 3.63) is 76.0 Å². The highest BCUT2D eigenvalue weighted by atomic mass is 35.5. The minimum absolute atomic E-state index is 0.127. The van der Waals surface area contributed by atoms with Crippen LogP contribution in [0.15, 0.2) is 60.4 Å². The number of rotatable bonds is 6. The fraction of sp³-hybridized carbons (Fsp3) is 0.304. The number of carbonyl (C=O) groups excluding carboxylic acids is 2. The van der Waals surface area contributed by atoms with E-state index in [-0.39, 0.29) is 17.6 Å². The second kappa shape index (κ2) is 10.0. The van der Waals surface area contributed by atoms with Crippen LogP contribution in [0.25, 0.3) is 0 Å². The molecule has 2 aromatic heterocycles. The van der Waals surface area contributed by atoms with E-state index in [9.17, 15) is 9.59 Å². The van der Waals surface area contributed by atoms with Crippen molar-refractivity contribution in [2.24, 2.45) is 0 Å². The average molecular weight is 455 g/mol. The molecule has 1 saturated carbocycles. The van der Waals surface area contributed by atoms with Crippen LogP contribution in [0.1, 0.15) is 53.5 Å². The smallest absolute Gasteiger partial charge is 0.279 e. The van der Waals surface area contributed by atoms with Gasteiger partial charge in [-0.2, -0.15) is 0 Å². The molecule has 4 rings (SSSR count). The first kappa shape index (κ1) is 21.5. The van der Waals surface area contributed by atoms with Gasteiger partial charge in [0.1, 0.15) is 5.69 Å². The van der Waals surface area contributed by atoms with E-state index in [0.717, 1.165) is 30.6 Å². The van der Waals surface area contributed by atoms with Gasteiger partial charge in [-0.3, -0.25) is 19.5 Å². The van der Waals surface area contributed by atoms with E-state index >= 15 is 0 Å². The zero-order valence-electron chi connectivity index (χ0n) is 16.9. The number of hydrogen-bond acceptors (Lipinski definition) is 5. The molecule has 0 aliphatic heterocycles. The minimum Gasteiger partial charge on any atom is -0.351 e. The Morgan fingerprint density at radius 2 is 1.87 bits per heavy atom. The van der Waals surface area contributed by atoms with Gasteiger partial charge in [-0.05, 0) is 48.6 Å². The number of thiophene rings is 1. The maximum atomic E-state index is 13.6. The second-order valence-electron chi connectivity index (χ2n) is 7.50. The maximum absolute atomic E-state index is 13.6. The Morgan fingerprint density at radius 1 is 1.10 bits per heavy atom.